The fraction of sp³-hybridized carbons (Fsp3) is 0.647. The first-order valence-electron chi connectivity index (χ1n) is 7.81. The second-order valence-electron chi connectivity index (χ2n) is 6.44. The van der Waals surface area contributed by atoms with Gasteiger partial charge in [0.1, 0.15) is 11.5 Å². The van der Waals surface area contributed by atoms with Gasteiger partial charge < -0.3 is 19.9 Å². The summed E-state index contributed by atoms with van der Waals surface area (Å²) in [6.45, 7) is 8.14. The van der Waals surface area contributed by atoms with Crippen molar-refractivity contribution < 1.29 is 14.6 Å². The highest BCUT2D eigenvalue weighted by molar-refractivity contribution is 5.85. The number of hydrogen-bond donors (Lipinski definition) is 2. The lowest BCUT2D eigenvalue weighted by atomic mass is 9.79. The first kappa shape index (κ1) is 20.0. The van der Waals surface area contributed by atoms with E-state index in [-0.39, 0.29) is 30.5 Å². The molecule has 1 heterocycles. The third kappa shape index (κ3) is 4.51. The van der Waals surface area contributed by atoms with Crippen molar-refractivity contribution in [3.05, 3.63) is 23.8 Å². The summed E-state index contributed by atoms with van der Waals surface area (Å²) in [7, 11) is 3.36. The molecule has 1 aromatic carbocycles. The topological polar surface area (TPSA) is 54.0 Å². The number of aliphatic hydroxyl groups excluding tert-OH is 1. The fourth-order valence-electron chi connectivity index (χ4n) is 3.19. The third-order valence-electron chi connectivity index (χ3n) is 4.40. The zero-order chi connectivity index (χ0) is 16.2. The molecule has 0 bridgehead atoms. The lowest BCUT2D eigenvalue weighted by molar-refractivity contribution is 0.0292. The second kappa shape index (κ2) is 8.73. The smallest absolute Gasteiger partial charge is 0.123 e. The van der Waals surface area contributed by atoms with Crippen molar-refractivity contribution in [1.82, 2.24) is 10.2 Å². The third-order valence-corrected chi connectivity index (χ3v) is 4.40. The van der Waals surface area contributed by atoms with E-state index in [1.54, 1.807) is 14.2 Å². The number of methoxy groups -OCH3 is 2. The van der Waals surface area contributed by atoms with E-state index >= 15 is 0 Å². The van der Waals surface area contributed by atoms with Crippen molar-refractivity contribution in [3.63, 3.8) is 0 Å². The molecule has 0 amide bonds. The largest absolute Gasteiger partial charge is 0.497 e. The van der Waals surface area contributed by atoms with Crippen LogP contribution in [0, 0.1) is 5.41 Å². The van der Waals surface area contributed by atoms with E-state index in [4.69, 9.17) is 9.47 Å². The molecule has 0 spiro atoms. The van der Waals surface area contributed by atoms with Gasteiger partial charge in [0.25, 0.3) is 0 Å². The van der Waals surface area contributed by atoms with E-state index in [0.717, 1.165) is 43.2 Å². The van der Waals surface area contributed by atoms with Crippen molar-refractivity contribution in [1.29, 1.82) is 0 Å². The Hall–Kier alpha value is -1.01. The molecule has 0 aromatic heterocycles. The van der Waals surface area contributed by atoms with Gasteiger partial charge >= 0.3 is 0 Å². The maximum absolute atomic E-state index is 9.93. The van der Waals surface area contributed by atoms with Crippen LogP contribution in [0.4, 0.5) is 0 Å². The Bertz CT molecular complexity index is 491. The van der Waals surface area contributed by atoms with Crippen LogP contribution in [-0.2, 0) is 0 Å². The van der Waals surface area contributed by atoms with Crippen LogP contribution in [0.15, 0.2) is 18.2 Å². The number of hydrogen-bond acceptors (Lipinski definition) is 5. The average molecular weight is 345 g/mol. The van der Waals surface area contributed by atoms with Crippen LogP contribution >= 0.6 is 12.4 Å². The van der Waals surface area contributed by atoms with Gasteiger partial charge in [0.05, 0.1) is 14.2 Å². The van der Waals surface area contributed by atoms with Crippen molar-refractivity contribution in [2.45, 2.75) is 19.9 Å². The highest BCUT2D eigenvalue weighted by Gasteiger charge is 2.37. The minimum Gasteiger partial charge on any atom is -0.497 e. The molecule has 2 N–H and O–H groups in total. The van der Waals surface area contributed by atoms with Crippen molar-refractivity contribution in [3.8, 4) is 11.5 Å². The van der Waals surface area contributed by atoms with Crippen LogP contribution in [0.5, 0.6) is 11.5 Å². The number of piperazine rings is 1. The lowest BCUT2D eigenvalue weighted by Crippen LogP contribution is -2.49. The number of rotatable bonds is 6. The molecular weight excluding hydrogens is 316 g/mol. The monoisotopic (exact) mass is 344 g/mol. The number of ether oxygens (including phenoxy) is 2. The Morgan fingerprint density at radius 3 is 2.39 bits per heavy atom. The Morgan fingerprint density at radius 2 is 1.87 bits per heavy atom. The predicted octanol–water partition coefficient (Wildman–Crippen LogP) is 2.09. The molecule has 1 atom stereocenters. The summed E-state index contributed by atoms with van der Waals surface area (Å²) in [6.07, 6.45) is 0. The molecule has 6 heteroatoms. The van der Waals surface area contributed by atoms with Crippen molar-refractivity contribution in [2.75, 3.05) is 47.0 Å². The van der Waals surface area contributed by atoms with Crippen molar-refractivity contribution >= 4 is 12.4 Å². The lowest BCUT2D eigenvalue weighted by Gasteiger charge is -2.43. The Labute approximate surface area is 145 Å². The van der Waals surface area contributed by atoms with Gasteiger partial charge in [0.2, 0.25) is 0 Å². The molecule has 0 radical (unpaired) electrons. The zero-order valence-electron chi connectivity index (χ0n) is 14.5. The van der Waals surface area contributed by atoms with Crippen LogP contribution in [0.2, 0.25) is 0 Å². The molecule has 1 aromatic rings. The van der Waals surface area contributed by atoms with E-state index in [9.17, 15) is 5.11 Å². The molecule has 23 heavy (non-hydrogen) atoms. The van der Waals surface area contributed by atoms with Crippen LogP contribution < -0.4 is 14.8 Å². The minimum absolute atomic E-state index is 0. The number of aliphatic hydroxyl groups is 1. The van der Waals surface area contributed by atoms with Crippen LogP contribution in [0.3, 0.4) is 0 Å². The van der Waals surface area contributed by atoms with Gasteiger partial charge in [0, 0.05) is 49.8 Å². The molecule has 0 aliphatic carbocycles. The van der Waals surface area contributed by atoms with Gasteiger partial charge in [-0.15, -0.1) is 12.4 Å². The summed E-state index contributed by atoms with van der Waals surface area (Å²) < 4.78 is 11.0. The van der Waals surface area contributed by atoms with Gasteiger partial charge in [-0.1, -0.05) is 13.8 Å². The first-order chi connectivity index (χ1) is 10.5. The number of nitrogens with one attached hydrogen (secondary N) is 1. The molecule has 1 aliphatic rings. The van der Waals surface area contributed by atoms with Gasteiger partial charge in [-0.05, 0) is 18.2 Å². The quantitative estimate of drug-likeness (QED) is 0.827. The summed E-state index contributed by atoms with van der Waals surface area (Å²) in [5, 5.41) is 13.3. The Balaban J connectivity index is 0.00000264. The standard InChI is InChI=1S/C17H28N2O3.ClH/c1-17(2,12-20)16(19-9-7-18-8-10-19)14-11-13(21-3)5-6-15(14)22-4;/h5-6,11,16,18,20H,7-10,12H2,1-4H3;1H/t16-;/m0./s1. The number of halogens is 1. The zero-order valence-corrected chi connectivity index (χ0v) is 15.3. The van der Waals surface area contributed by atoms with Crippen molar-refractivity contribution in [2.24, 2.45) is 5.41 Å². The van der Waals surface area contributed by atoms with E-state index in [1.165, 1.54) is 0 Å². The molecule has 0 unspecified atom stereocenters. The molecule has 1 aliphatic heterocycles. The average Bonchev–Trinajstić information content (AvgIpc) is 2.55. The van der Waals surface area contributed by atoms with Gasteiger partial charge in [-0.2, -0.15) is 0 Å². The maximum atomic E-state index is 9.93. The molecule has 1 fully saturated rings. The Morgan fingerprint density at radius 1 is 1.22 bits per heavy atom. The summed E-state index contributed by atoms with van der Waals surface area (Å²) in [6, 6.07) is 5.95. The molecule has 2 rings (SSSR count). The summed E-state index contributed by atoms with van der Waals surface area (Å²) >= 11 is 0. The first-order valence-corrected chi connectivity index (χ1v) is 7.81. The maximum Gasteiger partial charge on any atom is 0.123 e. The Kier molecular flexibility index (Phi) is 7.61. The summed E-state index contributed by atoms with van der Waals surface area (Å²) in [5.74, 6) is 1.65. The summed E-state index contributed by atoms with van der Waals surface area (Å²) in [5.41, 5.74) is 0.791. The van der Waals surface area contributed by atoms with E-state index in [2.05, 4.69) is 24.1 Å². The minimum atomic E-state index is -0.281. The molecule has 0 saturated carbocycles. The van der Waals surface area contributed by atoms with E-state index < -0.39 is 0 Å². The van der Waals surface area contributed by atoms with Crippen LogP contribution in [0.25, 0.3) is 0 Å². The molecule has 1 saturated heterocycles. The second-order valence-corrected chi connectivity index (χ2v) is 6.44. The SMILES string of the molecule is COc1ccc(OC)c([C@H](N2CCNCC2)C(C)(C)CO)c1.Cl. The van der Waals surface area contributed by atoms with Crippen LogP contribution in [-0.4, -0.2) is 57.0 Å². The number of benzene rings is 1. The predicted molar refractivity (Wildman–Crippen MR) is 94.8 cm³/mol. The van der Waals surface area contributed by atoms with Gasteiger partial charge in [-0.25, -0.2) is 0 Å². The number of nitrogens with zero attached hydrogens (tertiary/aromatic N) is 1. The normalized spacial score (nSPS) is 17.3. The van der Waals surface area contributed by atoms with E-state index in [0.29, 0.717) is 0 Å². The highest BCUT2D eigenvalue weighted by Crippen LogP contribution is 2.43. The molecule has 5 nitrogen and oxygen atoms in total. The molecular formula is C17H29ClN2O3. The highest BCUT2D eigenvalue weighted by atomic mass is 35.5. The fourth-order valence-corrected chi connectivity index (χ4v) is 3.19. The van der Waals surface area contributed by atoms with Gasteiger partial charge in [-0.3, -0.25) is 4.90 Å². The van der Waals surface area contributed by atoms with Gasteiger partial charge in [0.15, 0.2) is 0 Å². The van der Waals surface area contributed by atoms with Crippen LogP contribution in [0.1, 0.15) is 25.5 Å². The van der Waals surface area contributed by atoms with E-state index in [1.807, 2.05) is 18.2 Å². The summed E-state index contributed by atoms with van der Waals surface area (Å²) in [4.78, 5) is 2.42. The molecule has 132 valence electrons.